The van der Waals surface area contributed by atoms with Crippen molar-refractivity contribution in [3.63, 3.8) is 0 Å². The minimum absolute atomic E-state index is 0.0913. The van der Waals surface area contributed by atoms with Crippen LogP contribution >= 0.6 is 11.6 Å². The summed E-state index contributed by atoms with van der Waals surface area (Å²) in [5.74, 6) is 0.823. The first-order valence-electron chi connectivity index (χ1n) is 5.31. The van der Waals surface area contributed by atoms with Crippen molar-refractivity contribution in [3.05, 3.63) is 28.8 Å². The van der Waals surface area contributed by atoms with E-state index in [-0.39, 0.29) is 6.04 Å². The lowest BCUT2D eigenvalue weighted by Gasteiger charge is -2.19. The summed E-state index contributed by atoms with van der Waals surface area (Å²) in [6, 6.07) is 5.68. The van der Waals surface area contributed by atoms with Crippen LogP contribution in [-0.4, -0.2) is 27.4 Å². The zero-order valence-corrected chi connectivity index (χ0v) is 10.7. The zero-order valence-electron chi connectivity index (χ0n) is 9.92. The smallest absolute Gasteiger partial charge is 0.123 e. The molecule has 0 spiro atoms. The molecule has 0 aliphatic carbocycles. The maximum atomic E-state index is 5.98. The van der Waals surface area contributed by atoms with Crippen LogP contribution < -0.4 is 10.1 Å². The Labute approximate surface area is 102 Å². The van der Waals surface area contributed by atoms with Crippen LogP contribution in [0.2, 0.25) is 5.02 Å². The molecule has 0 aliphatic rings. The van der Waals surface area contributed by atoms with E-state index in [1.807, 2.05) is 32.2 Å². The lowest BCUT2D eigenvalue weighted by atomic mass is 10.1. The molecule has 4 heteroatoms. The van der Waals surface area contributed by atoms with E-state index in [1.165, 1.54) is 0 Å². The van der Waals surface area contributed by atoms with E-state index < -0.39 is 0 Å². The fourth-order valence-corrected chi connectivity index (χ4v) is 1.72. The van der Waals surface area contributed by atoms with Gasteiger partial charge in [-0.1, -0.05) is 11.6 Å². The molecule has 1 aromatic carbocycles. The first-order chi connectivity index (χ1) is 7.72. The van der Waals surface area contributed by atoms with Crippen LogP contribution in [0.4, 0.5) is 0 Å². The van der Waals surface area contributed by atoms with Gasteiger partial charge in [0.2, 0.25) is 0 Å². The topological polar surface area (TPSA) is 30.5 Å². The van der Waals surface area contributed by atoms with Gasteiger partial charge >= 0.3 is 0 Å². The average Bonchev–Trinajstić information content (AvgIpc) is 2.30. The van der Waals surface area contributed by atoms with Crippen molar-refractivity contribution >= 4 is 11.6 Å². The predicted octanol–water partition coefficient (Wildman–Crippen LogP) is 2.65. The summed E-state index contributed by atoms with van der Waals surface area (Å²) in [5.41, 5.74) is 1.02. The molecule has 1 aromatic rings. The van der Waals surface area contributed by atoms with E-state index in [2.05, 4.69) is 5.32 Å². The number of likely N-dealkylation sites (N-methyl/N-ethyl adjacent to an activating group) is 1. The molecule has 0 saturated heterocycles. The highest BCUT2D eigenvalue weighted by atomic mass is 35.5. The second-order valence-corrected chi connectivity index (χ2v) is 3.82. The van der Waals surface area contributed by atoms with Crippen molar-refractivity contribution in [1.82, 2.24) is 5.32 Å². The molecule has 90 valence electrons. The molecular formula is C12H18ClNO2. The maximum Gasteiger partial charge on any atom is 0.123 e. The molecular weight excluding hydrogens is 226 g/mol. The highest BCUT2D eigenvalue weighted by molar-refractivity contribution is 6.30. The Morgan fingerprint density at radius 1 is 1.44 bits per heavy atom. The first kappa shape index (κ1) is 13.3. The molecule has 3 nitrogen and oxygen atoms in total. The number of hydrogen-bond acceptors (Lipinski definition) is 3. The van der Waals surface area contributed by atoms with E-state index in [0.29, 0.717) is 18.2 Å². The molecule has 0 aromatic heterocycles. The Kier molecular flexibility index (Phi) is 5.60. The van der Waals surface area contributed by atoms with Crippen LogP contribution in [0, 0.1) is 0 Å². The number of methoxy groups -OCH3 is 1. The zero-order chi connectivity index (χ0) is 12.0. The van der Waals surface area contributed by atoms with Gasteiger partial charge in [-0.15, -0.1) is 0 Å². The average molecular weight is 244 g/mol. The van der Waals surface area contributed by atoms with Gasteiger partial charge in [-0.2, -0.15) is 0 Å². The van der Waals surface area contributed by atoms with Crippen LogP contribution in [0.25, 0.3) is 0 Å². The lowest BCUT2D eigenvalue weighted by molar-refractivity contribution is 0.124. The number of rotatable bonds is 6. The van der Waals surface area contributed by atoms with Crippen molar-refractivity contribution in [2.45, 2.75) is 13.0 Å². The van der Waals surface area contributed by atoms with Gasteiger partial charge < -0.3 is 14.8 Å². The summed E-state index contributed by atoms with van der Waals surface area (Å²) in [6.07, 6.45) is 0. The normalized spacial score (nSPS) is 12.5. The summed E-state index contributed by atoms with van der Waals surface area (Å²) in [5, 5.41) is 3.89. The van der Waals surface area contributed by atoms with Gasteiger partial charge in [0.05, 0.1) is 19.8 Å². The minimum Gasteiger partial charge on any atom is -0.496 e. The van der Waals surface area contributed by atoms with Gasteiger partial charge in [-0.25, -0.2) is 0 Å². The minimum atomic E-state index is 0.0913. The fraction of sp³-hybridized carbons (Fsp3) is 0.500. The molecule has 0 amide bonds. The molecule has 0 bridgehead atoms. The Morgan fingerprint density at radius 3 is 2.75 bits per heavy atom. The predicted molar refractivity (Wildman–Crippen MR) is 66.3 cm³/mol. The molecule has 16 heavy (non-hydrogen) atoms. The Hall–Kier alpha value is -0.770. The molecule has 1 atom stereocenters. The molecule has 0 radical (unpaired) electrons. The summed E-state index contributed by atoms with van der Waals surface area (Å²) in [6.45, 7) is 3.27. The Morgan fingerprint density at radius 2 is 2.19 bits per heavy atom. The van der Waals surface area contributed by atoms with Crippen molar-refractivity contribution in [3.8, 4) is 5.75 Å². The van der Waals surface area contributed by atoms with Crippen molar-refractivity contribution in [2.75, 3.05) is 27.4 Å². The van der Waals surface area contributed by atoms with Gasteiger partial charge in [0.15, 0.2) is 0 Å². The van der Waals surface area contributed by atoms with E-state index in [9.17, 15) is 0 Å². The third-order valence-corrected chi connectivity index (χ3v) is 2.64. The van der Waals surface area contributed by atoms with Crippen molar-refractivity contribution in [2.24, 2.45) is 0 Å². The van der Waals surface area contributed by atoms with Crippen LogP contribution in [0.1, 0.15) is 18.5 Å². The molecule has 1 rings (SSSR count). The molecule has 1 N–H and O–H groups in total. The fourth-order valence-electron chi connectivity index (χ4n) is 1.54. The first-order valence-corrected chi connectivity index (χ1v) is 5.69. The van der Waals surface area contributed by atoms with Gasteiger partial charge in [-0.05, 0) is 32.2 Å². The Balaban J connectivity index is 2.92. The number of benzene rings is 1. The van der Waals surface area contributed by atoms with E-state index >= 15 is 0 Å². The van der Waals surface area contributed by atoms with Crippen LogP contribution in [0.5, 0.6) is 5.75 Å². The van der Waals surface area contributed by atoms with Crippen molar-refractivity contribution < 1.29 is 9.47 Å². The van der Waals surface area contributed by atoms with E-state index in [1.54, 1.807) is 7.11 Å². The number of nitrogens with one attached hydrogen (secondary N) is 1. The van der Waals surface area contributed by atoms with Crippen molar-refractivity contribution in [1.29, 1.82) is 0 Å². The summed E-state index contributed by atoms with van der Waals surface area (Å²) in [4.78, 5) is 0. The standard InChI is InChI=1S/C12H18ClNO2/c1-4-16-8-11(14-2)10-7-9(13)5-6-12(10)15-3/h5-7,11,14H,4,8H2,1-3H3. The lowest BCUT2D eigenvalue weighted by Crippen LogP contribution is -2.22. The van der Waals surface area contributed by atoms with Crippen LogP contribution in [-0.2, 0) is 4.74 Å². The van der Waals surface area contributed by atoms with Gasteiger partial charge in [0.1, 0.15) is 5.75 Å². The highest BCUT2D eigenvalue weighted by Gasteiger charge is 2.14. The van der Waals surface area contributed by atoms with E-state index in [4.69, 9.17) is 21.1 Å². The second-order valence-electron chi connectivity index (χ2n) is 3.39. The van der Waals surface area contributed by atoms with Crippen LogP contribution in [0.15, 0.2) is 18.2 Å². The number of halogens is 1. The quantitative estimate of drug-likeness (QED) is 0.833. The largest absolute Gasteiger partial charge is 0.496 e. The second kappa shape index (κ2) is 6.74. The third-order valence-electron chi connectivity index (χ3n) is 2.40. The van der Waals surface area contributed by atoms with E-state index in [0.717, 1.165) is 11.3 Å². The third kappa shape index (κ3) is 3.37. The number of hydrogen-bond donors (Lipinski definition) is 1. The van der Waals surface area contributed by atoms with Gasteiger partial charge in [-0.3, -0.25) is 0 Å². The summed E-state index contributed by atoms with van der Waals surface area (Å²) in [7, 11) is 3.55. The summed E-state index contributed by atoms with van der Waals surface area (Å²) >= 11 is 5.98. The van der Waals surface area contributed by atoms with Crippen LogP contribution in [0.3, 0.4) is 0 Å². The van der Waals surface area contributed by atoms with Gasteiger partial charge in [0, 0.05) is 17.2 Å². The molecule has 0 fully saturated rings. The Bertz CT molecular complexity index is 331. The molecule has 0 aliphatic heterocycles. The maximum absolute atomic E-state index is 5.98. The van der Waals surface area contributed by atoms with Gasteiger partial charge in [0.25, 0.3) is 0 Å². The molecule has 0 saturated carbocycles. The highest BCUT2D eigenvalue weighted by Crippen LogP contribution is 2.28. The SMILES string of the molecule is CCOCC(NC)c1cc(Cl)ccc1OC. The summed E-state index contributed by atoms with van der Waals surface area (Å²) < 4.78 is 10.7. The number of ether oxygens (including phenoxy) is 2. The molecule has 1 unspecified atom stereocenters. The monoisotopic (exact) mass is 243 g/mol. The molecule has 0 heterocycles.